The molecule has 6 rings (SSSR count). The Labute approximate surface area is 263 Å². The number of hydrogen-bond donors (Lipinski definition) is 1. The second kappa shape index (κ2) is 12.8. The number of rotatable bonds is 9. The zero-order valence-corrected chi connectivity index (χ0v) is 24.9. The average Bonchev–Trinajstić information content (AvgIpc) is 3.66. The largest absolute Gasteiger partial charge is 0.478 e. The first kappa shape index (κ1) is 30.4. The van der Waals surface area contributed by atoms with Crippen molar-refractivity contribution in [2.45, 2.75) is 45.4 Å². The quantitative estimate of drug-likeness (QED) is 0.210. The number of nitriles is 1. The van der Waals surface area contributed by atoms with Crippen LogP contribution in [-0.2, 0) is 24.4 Å². The molecule has 1 N–H and O–H groups in total. The Balaban J connectivity index is 1.25. The number of fused-ring (bicyclic) bond motifs is 1. The van der Waals surface area contributed by atoms with E-state index in [0.717, 1.165) is 18.9 Å². The average molecular weight is 622 g/mol. The lowest BCUT2D eigenvalue weighted by Crippen LogP contribution is -2.36. The van der Waals surface area contributed by atoms with E-state index in [1.54, 1.807) is 42.5 Å². The van der Waals surface area contributed by atoms with Crippen LogP contribution in [0, 0.1) is 23.0 Å². The van der Waals surface area contributed by atoms with Crippen molar-refractivity contribution >= 4 is 22.9 Å². The van der Waals surface area contributed by atoms with E-state index < -0.39 is 17.6 Å². The molecule has 232 valence electrons. The summed E-state index contributed by atoms with van der Waals surface area (Å²) in [7, 11) is 0. The Hall–Kier alpha value is -5.63. The number of nitrogens with zero attached hydrogens (tertiary/aromatic N) is 5. The third-order valence-corrected chi connectivity index (χ3v) is 8.23. The summed E-state index contributed by atoms with van der Waals surface area (Å²) in [6.45, 7) is 2.51. The fraction of sp³-hybridized carbons (Fsp3) is 0.229. The van der Waals surface area contributed by atoms with Crippen LogP contribution in [0.5, 0.6) is 5.88 Å². The summed E-state index contributed by atoms with van der Waals surface area (Å²) in [5, 5.41) is 18.5. The van der Waals surface area contributed by atoms with Gasteiger partial charge in [0, 0.05) is 49.7 Å². The van der Waals surface area contributed by atoms with Crippen molar-refractivity contribution in [1.82, 2.24) is 19.4 Å². The van der Waals surface area contributed by atoms with Crippen molar-refractivity contribution in [1.29, 1.82) is 5.26 Å². The van der Waals surface area contributed by atoms with E-state index in [4.69, 9.17) is 15.0 Å². The van der Waals surface area contributed by atoms with Gasteiger partial charge < -0.3 is 19.3 Å². The van der Waals surface area contributed by atoms with Gasteiger partial charge >= 0.3 is 5.97 Å². The number of carbonyl (C=O) groups excluding carboxylic acids is 1. The van der Waals surface area contributed by atoms with Crippen molar-refractivity contribution in [2.24, 2.45) is 0 Å². The van der Waals surface area contributed by atoms with Gasteiger partial charge in [0.05, 0.1) is 33.9 Å². The number of benzene rings is 3. The highest BCUT2D eigenvalue weighted by atomic mass is 19.1. The number of carboxylic acid groups (broad SMARTS) is 1. The van der Waals surface area contributed by atoms with Crippen molar-refractivity contribution in [3.8, 4) is 23.2 Å². The molecule has 1 aliphatic heterocycles. The molecule has 5 aromatic rings. The number of imidazole rings is 1. The van der Waals surface area contributed by atoms with E-state index in [2.05, 4.69) is 4.98 Å². The van der Waals surface area contributed by atoms with Crippen LogP contribution < -0.4 is 4.74 Å². The predicted molar refractivity (Wildman–Crippen MR) is 165 cm³/mol. The smallest absolute Gasteiger partial charge is 0.335 e. The van der Waals surface area contributed by atoms with Gasteiger partial charge in [0.25, 0.3) is 0 Å². The number of carboxylic acids is 1. The molecule has 3 heterocycles. The van der Waals surface area contributed by atoms with Gasteiger partial charge in [-0.15, -0.1) is 0 Å². The molecule has 0 unspecified atom stereocenters. The monoisotopic (exact) mass is 621 g/mol. The van der Waals surface area contributed by atoms with E-state index >= 15 is 4.39 Å². The van der Waals surface area contributed by atoms with Gasteiger partial charge in [-0.05, 0) is 60.9 Å². The summed E-state index contributed by atoms with van der Waals surface area (Å²) in [6.07, 6.45) is 1.82. The van der Waals surface area contributed by atoms with Crippen molar-refractivity contribution in [3.63, 3.8) is 0 Å². The minimum atomic E-state index is -1.06. The van der Waals surface area contributed by atoms with E-state index in [0.29, 0.717) is 46.8 Å². The third-order valence-electron chi connectivity index (χ3n) is 8.23. The molecule has 1 amide bonds. The second-order valence-corrected chi connectivity index (χ2v) is 11.2. The van der Waals surface area contributed by atoms with Gasteiger partial charge in [-0.2, -0.15) is 5.26 Å². The minimum absolute atomic E-state index is 0.0224. The standard InChI is InChI=1S/C35H29F2N5O4/c1-21(43)41-13-3-4-27(41)19-42-32-16-25(35(44)45)11-12-31(32)39-33(42)17-23-9-10-24(15-29(23)37)30-5-2-6-34(40-30)46-20-26-8-7-22(18-38)14-28(26)36/h2,5-12,14-16,27H,3-4,13,17,19-20H2,1H3,(H,44,45)/t27-/m0/s1. The fourth-order valence-electron chi connectivity index (χ4n) is 5.86. The summed E-state index contributed by atoms with van der Waals surface area (Å²) < 4.78 is 37.5. The van der Waals surface area contributed by atoms with Gasteiger partial charge in [0.15, 0.2) is 0 Å². The van der Waals surface area contributed by atoms with Crippen LogP contribution in [0.25, 0.3) is 22.3 Å². The maximum Gasteiger partial charge on any atom is 0.335 e. The molecule has 0 spiro atoms. The van der Waals surface area contributed by atoms with Crippen molar-refractivity contribution < 1.29 is 28.2 Å². The van der Waals surface area contributed by atoms with Crippen molar-refractivity contribution in [2.75, 3.05) is 6.54 Å². The molecular formula is C35H29F2N5O4. The Morgan fingerprint density at radius 2 is 1.83 bits per heavy atom. The maximum atomic E-state index is 15.6. The molecular weight excluding hydrogens is 592 g/mol. The zero-order chi connectivity index (χ0) is 32.4. The molecule has 1 aliphatic rings. The summed E-state index contributed by atoms with van der Waals surface area (Å²) >= 11 is 0. The number of aromatic carboxylic acids is 1. The normalized spacial score (nSPS) is 14.4. The van der Waals surface area contributed by atoms with Crippen LogP contribution in [0.3, 0.4) is 0 Å². The third kappa shape index (κ3) is 6.28. The van der Waals surface area contributed by atoms with Crippen LogP contribution in [0.2, 0.25) is 0 Å². The summed E-state index contributed by atoms with van der Waals surface area (Å²) in [6, 6.07) is 20.5. The molecule has 11 heteroatoms. The Kier molecular flexibility index (Phi) is 8.44. The first-order valence-corrected chi connectivity index (χ1v) is 14.8. The Morgan fingerprint density at radius 1 is 1.02 bits per heavy atom. The topological polar surface area (TPSA) is 121 Å². The number of amides is 1. The minimum Gasteiger partial charge on any atom is -0.478 e. The molecule has 0 saturated carbocycles. The number of aromatic nitrogens is 3. The predicted octanol–water partition coefficient (Wildman–Crippen LogP) is 6.13. The van der Waals surface area contributed by atoms with Gasteiger partial charge in [-0.3, -0.25) is 4.79 Å². The lowest BCUT2D eigenvalue weighted by molar-refractivity contribution is -0.129. The fourth-order valence-corrected chi connectivity index (χ4v) is 5.86. The first-order valence-electron chi connectivity index (χ1n) is 14.8. The number of likely N-dealkylation sites (tertiary alicyclic amines) is 1. The molecule has 1 atom stereocenters. The Morgan fingerprint density at radius 3 is 2.57 bits per heavy atom. The number of carbonyl (C=O) groups is 2. The van der Waals surface area contributed by atoms with Crippen LogP contribution in [0.1, 0.15) is 52.6 Å². The van der Waals surface area contributed by atoms with E-state index in [-0.39, 0.29) is 47.5 Å². The SMILES string of the molecule is CC(=O)N1CCC[C@H]1Cn1c(Cc2ccc(-c3cccc(OCc4ccc(C#N)cc4F)n3)cc2F)nc2ccc(C(=O)O)cc21. The molecule has 0 radical (unpaired) electrons. The first-order chi connectivity index (χ1) is 22.2. The maximum absolute atomic E-state index is 15.6. The molecule has 3 aromatic carbocycles. The molecule has 2 aromatic heterocycles. The summed E-state index contributed by atoms with van der Waals surface area (Å²) in [5.74, 6) is -1.32. The number of ether oxygens (including phenoxy) is 1. The van der Waals surface area contributed by atoms with Gasteiger partial charge in [-0.1, -0.05) is 24.3 Å². The molecule has 1 fully saturated rings. The van der Waals surface area contributed by atoms with E-state index in [1.807, 2.05) is 15.5 Å². The van der Waals surface area contributed by atoms with Gasteiger partial charge in [0.1, 0.15) is 24.1 Å². The lowest BCUT2D eigenvalue weighted by atomic mass is 10.1. The highest BCUT2D eigenvalue weighted by molar-refractivity contribution is 5.92. The number of hydrogen-bond acceptors (Lipinski definition) is 6. The number of pyridine rings is 1. The zero-order valence-electron chi connectivity index (χ0n) is 24.9. The Bertz CT molecular complexity index is 2020. The lowest BCUT2D eigenvalue weighted by Gasteiger charge is -2.25. The molecule has 46 heavy (non-hydrogen) atoms. The van der Waals surface area contributed by atoms with E-state index in [1.165, 1.54) is 31.2 Å². The van der Waals surface area contributed by atoms with Crippen molar-refractivity contribution in [3.05, 3.63) is 113 Å². The van der Waals surface area contributed by atoms with Crippen LogP contribution in [-0.4, -0.2) is 49.0 Å². The highest BCUT2D eigenvalue weighted by Gasteiger charge is 2.28. The van der Waals surface area contributed by atoms with Crippen LogP contribution in [0.4, 0.5) is 8.78 Å². The second-order valence-electron chi connectivity index (χ2n) is 11.2. The van der Waals surface area contributed by atoms with Crippen LogP contribution in [0.15, 0.2) is 72.8 Å². The van der Waals surface area contributed by atoms with Crippen LogP contribution >= 0.6 is 0 Å². The molecule has 9 nitrogen and oxygen atoms in total. The number of halogens is 2. The summed E-state index contributed by atoms with van der Waals surface area (Å²) in [4.78, 5) is 35.0. The van der Waals surface area contributed by atoms with E-state index in [9.17, 15) is 19.1 Å². The summed E-state index contributed by atoms with van der Waals surface area (Å²) in [5.41, 5.74) is 3.17. The van der Waals surface area contributed by atoms with Gasteiger partial charge in [0.2, 0.25) is 11.8 Å². The molecule has 0 aliphatic carbocycles. The molecule has 0 bridgehead atoms. The highest BCUT2D eigenvalue weighted by Crippen LogP contribution is 2.28. The van der Waals surface area contributed by atoms with Gasteiger partial charge in [-0.25, -0.2) is 23.5 Å². The molecule has 1 saturated heterocycles.